The van der Waals surface area contributed by atoms with E-state index in [0.29, 0.717) is 12.4 Å². The molecule has 1 aromatic heterocycles. The summed E-state index contributed by atoms with van der Waals surface area (Å²) >= 11 is 7.18. The van der Waals surface area contributed by atoms with E-state index in [1.54, 1.807) is 17.4 Å². The van der Waals surface area contributed by atoms with Crippen LogP contribution in [-0.4, -0.2) is 11.5 Å². The highest BCUT2D eigenvalue weighted by Gasteiger charge is 2.05. The van der Waals surface area contributed by atoms with Crippen molar-refractivity contribution in [3.63, 3.8) is 0 Å². The van der Waals surface area contributed by atoms with Gasteiger partial charge in [0.25, 0.3) is 0 Å². The Morgan fingerprint density at radius 2 is 2.32 bits per heavy atom. The van der Waals surface area contributed by atoms with Crippen molar-refractivity contribution < 1.29 is 9.13 Å². The lowest BCUT2D eigenvalue weighted by Crippen LogP contribution is -2.11. The van der Waals surface area contributed by atoms with Gasteiger partial charge >= 0.3 is 0 Å². The number of rotatable bonds is 6. The first-order valence-electron chi connectivity index (χ1n) is 5.91. The summed E-state index contributed by atoms with van der Waals surface area (Å²) in [6.45, 7) is 4.04. The maximum Gasteiger partial charge on any atom is 0.145 e. The van der Waals surface area contributed by atoms with Crippen LogP contribution in [0, 0.1) is 5.82 Å². The minimum Gasteiger partial charge on any atom is -0.487 e. The van der Waals surface area contributed by atoms with Crippen molar-refractivity contribution >= 4 is 22.9 Å². The van der Waals surface area contributed by atoms with Crippen LogP contribution >= 0.6 is 22.9 Å². The predicted molar refractivity (Wildman–Crippen MR) is 75.2 cm³/mol. The van der Waals surface area contributed by atoms with Crippen LogP contribution in [0.25, 0.3) is 0 Å². The fourth-order valence-corrected chi connectivity index (χ4v) is 2.32. The van der Waals surface area contributed by atoms with Crippen LogP contribution in [-0.2, 0) is 13.2 Å². The maximum atomic E-state index is 13.2. The Balaban J connectivity index is 1.91. The maximum absolute atomic E-state index is 13.2. The largest absolute Gasteiger partial charge is 0.487 e. The molecule has 1 aromatic carbocycles. The number of hydrogen-bond acceptors (Lipinski definition) is 4. The number of thiazole rings is 1. The van der Waals surface area contributed by atoms with Crippen molar-refractivity contribution in [2.45, 2.75) is 20.1 Å². The Hall–Kier alpha value is -1.17. The number of nitrogens with zero attached hydrogens (tertiary/aromatic N) is 1. The van der Waals surface area contributed by atoms with E-state index >= 15 is 0 Å². The van der Waals surface area contributed by atoms with E-state index < -0.39 is 5.82 Å². The molecule has 0 atom stereocenters. The van der Waals surface area contributed by atoms with Gasteiger partial charge in [-0.1, -0.05) is 18.5 Å². The molecule has 0 aliphatic rings. The van der Waals surface area contributed by atoms with Crippen molar-refractivity contribution in [1.29, 1.82) is 0 Å². The third kappa shape index (κ3) is 4.16. The van der Waals surface area contributed by atoms with E-state index in [9.17, 15) is 4.39 Å². The normalized spacial score (nSPS) is 10.7. The quantitative estimate of drug-likeness (QED) is 0.884. The Kier molecular flexibility index (Phi) is 5.13. The van der Waals surface area contributed by atoms with Crippen molar-refractivity contribution in [2.24, 2.45) is 0 Å². The van der Waals surface area contributed by atoms with E-state index in [-0.39, 0.29) is 5.02 Å². The van der Waals surface area contributed by atoms with Gasteiger partial charge in [-0.3, -0.25) is 0 Å². The van der Waals surface area contributed by atoms with Gasteiger partial charge in [0.1, 0.15) is 23.2 Å². The number of ether oxygens (including phenoxy) is 1. The molecule has 0 saturated heterocycles. The minimum atomic E-state index is -0.481. The van der Waals surface area contributed by atoms with Crippen LogP contribution in [0.1, 0.15) is 17.6 Å². The summed E-state index contributed by atoms with van der Waals surface area (Å²) in [5, 5.41) is 6.26. The SMILES string of the molecule is CCNCc1nc(COc2ccc(Cl)c(F)c2)cs1. The van der Waals surface area contributed by atoms with Gasteiger partial charge in [0, 0.05) is 18.0 Å². The number of halogens is 2. The molecule has 2 aromatic rings. The molecule has 0 fully saturated rings. The summed E-state index contributed by atoms with van der Waals surface area (Å²) in [7, 11) is 0. The second kappa shape index (κ2) is 6.84. The summed E-state index contributed by atoms with van der Waals surface area (Å²) in [6.07, 6.45) is 0. The van der Waals surface area contributed by atoms with Crippen LogP contribution in [0.15, 0.2) is 23.6 Å². The first-order valence-corrected chi connectivity index (χ1v) is 7.16. The fraction of sp³-hybridized carbons (Fsp3) is 0.308. The second-order valence-corrected chi connectivity index (χ2v) is 5.23. The lowest BCUT2D eigenvalue weighted by atomic mass is 10.3. The predicted octanol–water partition coefficient (Wildman–Crippen LogP) is 3.62. The molecule has 1 heterocycles. The Morgan fingerprint density at radius 1 is 1.47 bits per heavy atom. The molecule has 1 N–H and O–H groups in total. The topological polar surface area (TPSA) is 34.2 Å². The number of hydrogen-bond donors (Lipinski definition) is 1. The molecular weight excluding hydrogens is 287 g/mol. The van der Waals surface area contributed by atoms with Crippen LogP contribution in [0.4, 0.5) is 4.39 Å². The van der Waals surface area contributed by atoms with E-state index in [1.807, 2.05) is 12.3 Å². The van der Waals surface area contributed by atoms with Crippen LogP contribution < -0.4 is 10.1 Å². The van der Waals surface area contributed by atoms with Gasteiger partial charge in [0.2, 0.25) is 0 Å². The van der Waals surface area contributed by atoms with Crippen molar-refractivity contribution in [3.8, 4) is 5.75 Å². The third-order valence-electron chi connectivity index (χ3n) is 2.40. The standard InChI is InChI=1S/C13H14ClFN2OS/c1-2-16-6-13-17-9(8-19-13)7-18-10-3-4-11(14)12(15)5-10/h3-5,8,16H,2,6-7H2,1H3. The highest BCUT2D eigenvalue weighted by Crippen LogP contribution is 2.21. The van der Waals surface area contributed by atoms with Gasteiger partial charge < -0.3 is 10.1 Å². The fourth-order valence-electron chi connectivity index (χ4n) is 1.45. The molecule has 0 aliphatic carbocycles. The lowest BCUT2D eigenvalue weighted by Gasteiger charge is -2.04. The summed E-state index contributed by atoms with van der Waals surface area (Å²) in [5.41, 5.74) is 0.841. The monoisotopic (exact) mass is 300 g/mol. The zero-order valence-corrected chi connectivity index (χ0v) is 12.0. The third-order valence-corrected chi connectivity index (χ3v) is 3.61. The van der Waals surface area contributed by atoms with Crippen LogP contribution in [0.2, 0.25) is 5.02 Å². The summed E-state index contributed by atoms with van der Waals surface area (Å²) in [6, 6.07) is 4.38. The molecule has 0 aliphatic heterocycles. The van der Waals surface area contributed by atoms with E-state index in [0.717, 1.165) is 23.8 Å². The Bertz CT molecular complexity index is 547. The molecule has 0 bridgehead atoms. The number of benzene rings is 1. The van der Waals surface area contributed by atoms with E-state index in [1.165, 1.54) is 12.1 Å². The first-order chi connectivity index (χ1) is 9.19. The molecule has 0 spiro atoms. The summed E-state index contributed by atoms with van der Waals surface area (Å²) < 4.78 is 18.7. The molecule has 0 radical (unpaired) electrons. The van der Waals surface area contributed by atoms with E-state index in [2.05, 4.69) is 10.3 Å². The minimum absolute atomic E-state index is 0.0916. The molecule has 0 saturated carbocycles. The Labute approximate surface area is 120 Å². The number of aromatic nitrogens is 1. The molecule has 6 heteroatoms. The van der Waals surface area contributed by atoms with Gasteiger partial charge in [-0.05, 0) is 18.7 Å². The highest BCUT2D eigenvalue weighted by molar-refractivity contribution is 7.09. The lowest BCUT2D eigenvalue weighted by molar-refractivity contribution is 0.300. The number of nitrogens with one attached hydrogen (secondary N) is 1. The molecule has 19 heavy (non-hydrogen) atoms. The second-order valence-electron chi connectivity index (χ2n) is 3.88. The average molecular weight is 301 g/mol. The molecule has 3 nitrogen and oxygen atoms in total. The summed E-state index contributed by atoms with van der Waals surface area (Å²) in [5.74, 6) is -0.0339. The first kappa shape index (κ1) is 14.2. The van der Waals surface area contributed by atoms with Gasteiger partial charge in [0.05, 0.1) is 10.7 Å². The van der Waals surface area contributed by atoms with Crippen LogP contribution in [0.3, 0.4) is 0 Å². The molecule has 0 unspecified atom stereocenters. The summed E-state index contributed by atoms with van der Waals surface area (Å²) in [4.78, 5) is 4.41. The van der Waals surface area contributed by atoms with Gasteiger partial charge in [-0.15, -0.1) is 11.3 Å². The van der Waals surface area contributed by atoms with Crippen LogP contribution in [0.5, 0.6) is 5.75 Å². The van der Waals surface area contributed by atoms with Crippen molar-refractivity contribution in [1.82, 2.24) is 10.3 Å². The molecule has 102 valence electrons. The van der Waals surface area contributed by atoms with Crippen molar-refractivity contribution in [3.05, 3.63) is 45.1 Å². The zero-order valence-electron chi connectivity index (χ0n) is 10.5. The van der Waals surface area contributed by atoms with Gasteiger partial charge in [0.15, 0.2) is 0 Å². The molecule has 2 rings (SSSR count). The zero-order chi connectivity index (χ0) is 13.7. The molecule has 0 amide bonds. The van der Waals surface area contributed by atoms with E-state index in [4.69, 9.17) is 16.3 Å². The highest BCUT2D eigenvalue weighted by atomic mass is 35.5. The van der Waals surface area contributed by atoms with Gasteiger partial charge in [-0.25, -0.2) is 9.37 Å². The van der Waals surface area contributed by atoms with Gasteiger partial charge in [-0.2, -0.15) is 0 Å². The average Bonchev–Trinajstić information content (AvgIpc) is 2.86. The Morgan fingerprint density at radius 3 is 3.05 bits per heavy atom. The smallest absolute Gasteiger partial charge is 0.145 e. The molecular formula is C13H14ClFN2OS. The van der Waals surface area contributed by atoms with Crippen molar-refractivity contribution in [2.75, 3.05) is 6.54 Å².